The van der Waals surface area contributed by atoms with Crippen LogP contribution < -0.4 is 10.6 Å². The van der Waals surface area contributed by atoms with E-state index < -0.39 is 23.0 Å². The van der Waals surface area contributed by atoms with Crippen LogP contribution in [0.1, 0.15) is 25.8 Å². The van der Waals surface area contributed by atoms with Crippen molar-refractivity contribution in [1.82, 2.24) is 0 Å². The second kappa shape index (κ2) is 5.53. The number of primary amides is 1. The molecule has 0 aromatic heterocycles. The maximum absolute atomic E-state index is 12.8. The van der Waals surface area contributed by atoms with Gasteiger partial charge in [-0.05, 0) is 32.0 Å². The first-order valence-electron chi connectivity index (χ1n) is 6.61. The first kappa shape index (κ1) is 16.2. The molecule has 6 nitrogen and oxygen atoms in total. The van der Waals surface area contributed by atoms with Crippen LogP contribution in [0.4, 0.5) is 5.69 Å². The molecule has 1 atom stereocenters. The molecule has 7 heteroatoms. The molecule has 1 aliphatic heterocycles. The van der Waals surface area contributed by atoms with Crippen LogP contribution in [0.15, 0.2) is 18.2 Å². The van der Waals surface area contributed by atoms with Crippen molar-refractivity contribution >= 4 is 40.7 Å². The zero-order chi connectivity index (χ0) is 16.7. The topological polar surface area (TPSA) is 97.5 Å². The predicted molar refractivity (Wildman–Crippen MR) is 80.7 cm³/mol. The maximum atomic E-state index is 12.8. The number of rotatable bonds is 5. The van der Waals surface area contributed by atoms with E-state index in [2.05, 4.69) is 0 Å². The monoisotopic (exact) mass is 322 g/mol. The number of amides is 2. The third-order valence-electron chi connectivity index (χ3n) is 3.75. The van der Waals surface area contributed by atoms with Crippen molar-refractivity contribution in [1.29, 1.82) is 0 Å². The molecule has 2 amide bonds. The summed E-state index contributed by atoms with van der Waals surface area (Å²) in [6, 6.07) is 4.58. The second-order valence-corrected chi connectivity index (χ2v) is 5.80. The van der Waals surface area contributed by atoms with Gasteiger partial charge in [-0.1, -0.05) is 11.6 Å². The van der Waals surface area contributed by atoms with Gasteiger partial charge in [-0.3, -0.25) is 19.2 Å². The number of hydrogen-bond acceptors (Lipinski definition) is 4. The van der Waals surface area contributed by atoms with E-state index in [0.717, 1.165) is 4.90 Å². The van der Waals surface area contributed by atoms with Gasteiger partial charge in [-0.25, -0.2) is 0 Å². The smallest absolute Gasteiger partial charge is 0.246 e. The molecule has 0 saturated carbocycles. The van der Waals surface area contributed by atoms with Crippen LogP contribution in [-0.2, 0) is 24.6 Å². The minimum Gasteiger partial charge on any atom is -0.368 e. The SMILES string of the molecule is CC(=O)CC1(C(C)=O)C(=O)N(CC(N)=O)c2ccc(Cl)cc21. The van der Waals surface area contributed by atoms with Gasteiger partial charge in [0, 0.05) is 22.7 Å². The fourth-order valence-corrected chi connectivity index (χ4v) is 3.03. The second-order valence-electron chi connectivity index (χ2n) is 5.36. The average Bonchev–Trinajstić information content (AvgIpc) is 2.60. The molecule has 1 aliphatic rings. The minimum atomic E-state index is -1.64. The number of nitrogens with zero attached hydrogens (tertiary/aromatic N) is 1. The van der Waals surface area contributed by atoms with Gasteiger partial charge in [0.1, 0.15) is 23.5 Å². The Bertz CT molecular complexity index is 701. The van der Waals surface area contributed by atoms with E-state index in [1.807, 2.05) is 0 Å². The van der Waals surface area contributed by atoms with Gasteiger partial charge in [-0.2, -0.15) is 0 Å². The first-order valence-corrected chi connectivity index (χ1v) is 6.98. The Morgan fingerprint density at radius 2 is 1.91 bits per heavy atom. The van der Waals surface area contributed by atoms with E-state index in [9.17, 15) is 19.2 Å². The molecule has 1 heterocycles. The van der Waals surface area contributed by atoms with Crippen molar-refractivity contribution in [3.05, 3.63) is 28.8 Å². The standard InChI is InChI=1S/C15H15ClN2O4/c1-8(19)6-15(9(2)20)11-5-10(16)3-4-12(11)18(14(15)22)7-13(17)21/h3-5H,6-7H2,1-2H3,(H2,17,21). The highest BCUT2D eigenvalue weighted by molar-refractivity contribution is 6.31. The Balaban J connectivity index is 2.72. The highest BCUT2D eigenvalue weighted by Gasteiger charge is 2.55. The molecule has 0 radical (unpaired) electrons. The summed E-state index contributed by atoms with van der Waals surface area (Å²) >= 11 is 5.98. The molecule has 0 saturated heterocycles. The third-order valence-corrected chi connectivity index (χ3v) is 3.98. The summed E-state index contributed by atoms with van der Waals surface area (Å²) in [5.41, 5.74) is 4.26. The van der Waals surface area contributed by atoms with Crippen LogP contribution in [0.2, 0.25) is 5.02 Å². The van der Waals surface area contributed by atoms with Gasteiger partial charge in [0.15, 0.2) is 0 Å². The van der Waals surface area contributed by atoms with Crippen LogP contribution in [0.5, 0.6) is 0 Å². The van der Waals surface area contributed by atoms with Crippen LogP contribution in [0, 0.1) is 0 Å². The number of nitrogens with two attached hydrogens (primary N) is 1. The number of anilines is 1. The minimum absolute atomic E-state index is 0.274. The number of hydrogen-bond donors (Lipinski definition) is 1. The van der Waals surface area contributed by atoms with Crippen LogP contribution in [0.25, 0.3) is 0 Å². The molecule has 0 spiro atoms. The van der Waals surface area contributed by atoms with Gasteiger partial charge in [0.05, 0.1) is 0 Å². The summed E-state index contributed by atoms with van der Waals surface area (Å²) in [5.74, 6) is -2.11. The summed E-state index contributed by atoms with van der Waals surface area (Å²) in [6.07, 6.45) is -0.274. The van der Waals surface area contributed by atoms with Crippen molar-refractivity contribution in [3.63, 3.8) is 0 Å². The Morgan fingerprint density at radius 1 is 1.27 bits per heavy atom. The zero-order valence-electron chi connectivity index (χ0n) is 12.2. The number of ketones is 2. The van der Waals surface area contributed by atoms with Gasteiger partial charge < -0.3 is 10.6 Å². The molecule has 1 aromatic rings. The lowest BCUT2D eigenvalue weighted by atomic mass is 9.74. The first-order chi connectivity index (χ1) is 10.2. The van der Waals surface area contributed by atoms with Crippen molar-refractivity contribution in [2.75, 3.05) is 11.4 Å². The Hall–Kier alpha value is -2.21. The van der Waals surface area contributed by atoms with Crippen molar-refractivity contribution < 1.29 is 19.2 Å². The Labute approximate surface area is 132 Å². The number of carbonyl (C=O) groups is 4. The molecule has 1 aromatic carbocycles. The summed E-state index contributed by atoms with van der Waals surface area (Å²) in [4.78, 5) is 49.1. The van der Waals surface area contributed by atoms with Gasteiger partial charge >= 0.3 is 0 Å². The lowest BCUT2D eigenvalue weighted by Gasteiger charge is -2.24. The molecule has 2 rings (SSSR count). The van der Waals surface area contributed by atoms with Crippen LogP contribution in [0.3, 0.4) is 0 Å². The molecule has 0 aliphatic carbocycles. The molecule has 0 bridgehead atoms. The fraction of sp³-hybridized carbons (Fsp3) is 0.333. The van der Waals surface area contributed by atoms with E-state index >= 15 is 0 Å². The lowest BCUT2D eigenvalue weighted by Crippen LogP contribution is -2.48. The molecule has 1 unspecified atom stereocenters. The zero-order valence-corrected chi connectivity index (χ0v) is 12.9. The van der Waals surface area contributed by atoms with E-state index in [0.29, 0.717) is 16.3 Å². The lowest BCUT2D eigenvalue weighted by molar-refractivity contribution is -0.137. The normalized spacial score (nSPS) is 20.0. The predicted octanol–water partition coefficient (Wildman–Crippen LogP) is 0.978. The van der Waals surface area contributed by atoms with Crippen molar-refractivity contribution in [3.8, 4) is 0 Å². The van der Waals surface area contributed by atoms with Gasteiger partial charge in [0.25, 0.3) is 0 Å². The number of fused-ring (bicyclic) bond motifs is 1. The van der Waals surface area contributed by atoms with Crippen molar-refractivity contribution in [2.45, 2.75) is 25.7 Å². The van der Waals surface area contributed by atoms with Crippen LogP contribution >= 0.6 is 11.6 Å². The largest absolute Gasteiger partial charge is 0.368 e. The molecular formula is C15H15ClN2O4. The summed E-state index contributed by atoms with van der Waals surface area (Å²) in [7, 11) is 0. The summed E-state index contributed by atoms with van der Waals surface area (Å²) in [5, 5.41) is 0.335. The van der Waals surface area contributed by atoms with E-state index in [1.165, 1.54) is 19.9 Å². The van der Waals surface area contributed by atoms with Crippen LogP contribution in [-0.4, -0.2) is 29.9 Å². The van der Waals surface area contributed by atoms with E-state index in [-0.39, 0.29) is 18.7 Å². The highest BCUT2D eigenvalue weighted by atomic mass is 35.5. The Morgan fingerprint density at radius 3 is 2.41 bits per heavy atom. The number of Topliss-reactive ketones (excluding diaryl/α,β-unsaturated/α-hetero) is 2. The number of halogens is 1. The summed E-state index contributed by atoms with van der Waals surface area (Å²) < 4.78 is 0. The molecule has 2 N–H and O–H groups in total. The van der Waals surface area contributed by atoms with E-state index in [1.54, 1.807) is 12.1 Å². The third kappa shape index (κ3) is 2.39. The summed E-state index contributed by atoms with van der Waals surface area (Å²) in [6.45, 7) is 2.19. The fourth-order valence-electron chi connectivity index (χ4n) is 2.86. The molecule has 116 valence electrons. The molecular weight excluding hydrogens is 308 g/mol. The van der Waals surface area contributed by atoms with Crippen molar-refractivity contribution in [2.24, 2.45) is 5.73 Å². The van der Waals surface area contributed by atoms with Gasteiger partial charge in [-0.15, -0.1) is 0 Å². The number of carbonyl (C=O) groups excluding carboxylic acids is 4. The molecule has 22 heavy (non-hydrogen) atoms. The highest BCUT2D eigenvalue weighted by Crippen LogP contribution is 2.45. The quantitative estimate of drug-likeness (QED) is 0.817. The maximum Gasteiger partial charge on any atom is 0.246 e. The number of benzene rings is 1. The van der Waals surface area contributed by atoms with Gasteiger partial charge in [0.2, 0.25) is 11.8 Å². The Kier molecular flexibility index (Phi) is 4.06. The van der Waals surface area contributed by atoms with E-state index in [4.69, 9.17) is 17.3 Å². The molecule has 0 fully saturated rings. The average molecular weight is 323 g/mol.